The van der Waals surface area contributed by atoms with Crippen molar-refractivity contribution in [2.75, 3.05) is 4.90 Å². The Hall–Kier alpha value is -1.87. The van der Waals surface area contributed by atoms with E-state index in [1.54, 1.807) is 0 Å². The molecule has 0 spiro atoms. The number of hydrogen-bond acceptors (Lipinski definition) is 3. The number of fused-ring (bicyclic) bond motifs is 1. The first-order valence-electron chi connectivity index (χ1n) is 7.38. The number of anilines is 1. The van der Waals surface area contributed by atoms with Gasteiger partial charge in [0.15, 0.2) is 0 Å². The van der Waals surface area contributed by atoms with E-state index >= 15 is 0 Å². The Bertz CT molecular complexity index is 594. The minimum atomic E-state index is 0.752. The highest BCUT2D eigenvalue weighted by Crippen LogP contribution is 2.27. The van der Waals surface area contributed by atoms with Gasteiger partial charge in [-0.1, -0.05) is 24.3 Å². The van der Waals surface area contributed by atoms with Gasteiger partial charge in [-0.25, -0.2) is 4.98 Å². The molecule has 1 aromatic heterocycles. The first-order valence-corrected chi connectivity index (χ1v) is 7.38. The van der Waals surface area contributed by atoms with Crippen LogP contribution in [0.25, 0.3) is 0 Å². The number of nitrogens with one attached hydrogen (secondary N) is 1. The first-order chi connectivity index (χ1) is 9.88. The second-order valence-electron chi connectivity index (χ2n) is 5.80. The second-order valence-corrected chi connectivity index (χ2v) is 5.80. The minimum absolute atomic E-state index is 0.752. The molecule has 1 aliphatic carbocycles. The lowest BCUT2D eigenvalue weighted by atomic mass is 10.1. The van der Waals surface area contributed by atoms with Crippen molar-refractivity contribution in [2.45, 2.75) is 38.5 Å². The van der Waals surface area contributed by atoms with Gasteiger partial charge in [0.05, 0.1) is 0 Å². The predicted octanol–water partition coefficient (Wildman–Crippen LogP) is 2.85. The van der Waals surface area contributed by atoms with Crippen molar-refractivity contribution in [3.63, 3.8) is 0 Å². The van der Waals surface area contributed by atoms with Gasteiger partial charge in [0.2, 0.25) is 0 Å². The molecule has 3 nitrogen and oxygen atoms in total. The Morgan fingerprint density at radius 1 is 1.10 bits per heavy atom. The van der Waals surface area contributed by atoms with Gasteiger partial charge in [-0.3, -0.25) is 0 Å². The van der Waals surface area contributed by atoms with E-state index in [0.29, 0.717) is 0 Å². The summed E-state index contributed by atoms with van der Waals surface area (Å²) in [7, 11) is 0. The van der Waals surface area contributed by atoms with E-state index in [9.17, 15) is 0 Å². The van der Waals surface area contributed by atoms with Crippen LogP contribution in [0.1, 0.15) is 29.5 Å². The minimum Gasteiger partial charge on any atom is -0.348 e. The highest BCUT2D eigenvalue weighted by molar-refractivity contribution is 5.48. The van der Waals surface area contributed by atoms with Crippen LogP contribution in [0.15, 0.2) is 42.6 Å². The molecule has 20 heavy (non-hydrogen) atoms. The lowest BCUT2D eigenvalue weighted by molar-refractivity contribution is 0.686. The van der Waals surface area contributed by atoms with Crippen LogP contribution in [-0.4, -0.2) is 11.0 Å². The molecular weight excluding hydrogens is 246 g/mol. The molecule has 0 amide bonds. The quantitative estimate of drug-likeness (QED) is 0.921. The maximum absolute atomic E-state index is 4.55. The Balaban J connectivity index is 1.50. The van der Waals surface area contributed by atoms with Crippen molar-refractivity contribution < 1.29 is 0 Å². The summed E-state index contributed by atoms with van der Waals surface area (Å²) in [5.41, 5.74) is 4.18. The third kappa shape index (κ3) is 2.41. The topological polar surface area (TPSA) is 28.2 Å². The van der Waals surface area contributed by atoms with E-state index in [4.69, 9.17) is 0 Å². The van der Waals surface area contributed by atoms with Crippen molar-refractivity contribution in [3.8, 4) is 0 Å². The number of pyridine rings is 1. The van der Waals surface area contributed by atoms with Crippen LogP contribution < -0.4 is 10.2 Å². The second kappa shape index (κ2) is 4.91. The van der Waals surface area contributed by atoms with Crippen LogP contribution >= 0.6 is 0 Å². The van der Waals surface area contributed by atoms with Crippen molar-refractivity contribution in [2.24, 2.45) is 0 Å². The molecule has 0 unspecified atom stereocenters. The molecule has 1 aliphatic heterocycles. The molecule has 1 fully saturated rings. The predicted molar refractivity (Wildman–Crippen MR) is 80.4 cm³/mol. The Labute approximate surface area is 119 Å². The van der Waals surface area contributed by atoms with Gasteiger partial charge in [0.1, 0.15) is 5.82 Å². The van der Waals surface area contributed by atoms with Gasteiger partial charge in [0.25, 0.3) is 0 Å². The van der Waals surface area contributed by atoms with Crippen LogP contribution in [0.4, 0.5) is 5.82 Å². The zero-order chi connectivity index (χ0) is 13.4. The summed E-state index contributed by atoms with van der Waals surface area (Å²) in [6, 6.07) is 13.8. The standard InChI is InChI=1S/C17H19N3/c1-2-4-15-12-20(11-14(15)3-1)17-9-13(7-8-18-17)10-19-16-5-6-16/h1-4,7-9,16,19H,5-6,10-12H2. The molecule has 0 saturated heterocycles. The van der Waals surface area contributed by atoms with Crippen LogP contribution in [0.5, 0.6) is 0 Å². The van der Waals surface area contributed by atoms with Gasteiger partial charge in [0, 0.05) is 31.9 Å². The molecule has 0 bridgehead atoms. The van der Waals surface area contributed by atoms with Crippen LogP contribution in [0.3, 0.4) is 0 Å². The van der Waals surface area contributed by atoms with Crippen molar-refractivity contribution >= 4 is 5.82 Å². The lowest BCUT2D eigenvalue weighted by Crippen LogP contribution is -2.18. The third-order valence-corrected chi connectivity index (χ3v) is 4.15. The fraction of sp³-hybridized carbons (Fsp3) is 0.353. The highest BCUT2D eigenvalue weighted by atomic mass is 15.2. The third-order valence-electron chi connectivity index (χ3n) is 4.15. The van der Waals surface area contributed by atoms with Crippen molar-refractivity contribution in [1.29, 1.82) is 0 Å². The van der Waals surface area contributed by atoms with Gasteiger partial charge in [-0.2, -0.15) is 0 Å². The van der Waals surface area contributed by atoms with Gasteiger partial charge in [-0.15, -0.1) is 0 Å². The number of hydrogen-bond donors (Lipinski definition) is 1. The first kappa shape index (κ1) is 11.9. The van der Waals surface area contributed by atoms with E-state index in [-0.39, 0.29) is 0 Å². The average molecular weight is 265 g/mol. The molecule has 2 heterocycles. The summed E-state index contributed by atoms with van der Waals surface area (Å²) in [5, 5.41) is 3.56. The van der Waals surface area contributed by atoms with E-state index in [1.165, 1.54) is 29.5 Å². The SMILES string of the molecule is c1ccc2c(c1)CN(c1cc(CNC3CC3)ccn1)C2. The molecule has 0 atom stereocenters. The number of aromatic nitrogens is 1. The lowest BCUT2D eigenvalue weighted by Gasteiger charge is -2.17. The van der Waals surface area contributed by atoms with Crippen LogP contribution in [-0.2, 0) is 19.6 Å². The molecule has 1 saturated carbocycles. The summed E-state index contributed by atoms with van der Waals surface area (Å²) < 4.78 is 0. The molecule has 1 N–H and O–H groups in total. The molecule has 2 aromatic rings. The molecule has 3 heteroatoms. The summed E-state index contributed by atoms with van der Waals surface area (Å²) in [6.45, 7) is 2.91. The van der Waals surface area contributed by atoms with Gasteiger partial charge >= 0.3 is 0 Å². The zero-order valence-corrected chi connectivity index (χ0v) is 11.5. The van der Waals surface area contributed by atoms with E-state index < -0.39 is 0 Å². The Morgan fingerprint density at radius 3 is 2.55 bits per heavy atom. The van der Waals surface area contributed by atoms with Gasteiger partial charge in [-0.05, 0) is 41.7 Å². The molecule has 0 radical (unpaired) electrons. The summed E-state index contributed by atoms with van der Waals surface area (Å²) >= 11 is 0. The fourth-order valence-electron chi connectivity index (χ4n) is 2.79. The van der Waals surface area contributed by atoms with Crippen molar-refractivity contribution in [1.82, 2.24) is 10.3 Å². The van der Waals surface area contributed by atoms with E-state index in [2.05, 4.69) is 51.6 Å². The monoisotopic (exact) mass is 265 g/mol. The molecule has 1 aromatic carbocycles. The number of nitrogens with zero attached hydrogens (tertiary/aromatic N) is 2. The normalized spacial score (nSPS) is 17.3. The largest absolute Gasteiger partial charge is 0.348 e. The van der Waals surface area contributed by atoms with Crippen LogP contribution in [0, 0.1) is 0 Å². The van der Waals surface area contributed by atoms with Gasteiger partial charge < -0.3 is 10.2 Å². The fourth-order valence-corrected chi connectivity index (χ4v) is 2.79. The molecular formula is C17H19N3. The van der Waals surface area contributed by atoms with Crippen molar-refractivity contribution in [3.05, 3.63) is 59.3 Å². The zero-order valence-electron chi connectivity index (χ0n) is 11.5. The summed E-state index contributed by atoms with van der Waals surface area (Å²) in [6.07, 6.45) is 4.60. The Kier molecular flexibility index (Phi) is 2.92. The number of rotatable bonds is 4. The summed E-state index contributed by atoms with van der Waals surface area (Å²) in [4.78, 5) is 6.90. The number of benzene rings is 1. The Morgan fingerprint density at radius 2 is 1.85 bits per heavy atom. The maximum Gasteiger partial charge on any atom is 0.129 e. The molecule has 4 rings (SSSR count). The van der Waals surface area contributed by atoms with Crippen LogP contribution in [0.2, 0.25) is 0 Å². The van der Waals surface area contributed by atoms with E-state index in [0.717, 1.165) is 31.5 Å². The maximum atomic E-state index is 4.55. The highest BCUT2D eigenvalue weighted by Gasteiger charge is 2.21. The smallest absolute Gasteiger partial charge is 0.129 e. The average Bonchev–Trinajstić information content (AvgIpc) is 3.22. The molecule has 102 valence electrons. The summed E-state index contributed by atoms with van der Waals surface area (Å²) in [5.74, 6) is 1.09. The van der Waals surface area contributed by atoms with E-state index in [1.807, 2.05) is 6.20 Å². The molecule has 2 aliphatic rings.